The third kappa shape index (κ3) is 4.61. The Kier molecular flexibility index (Phi) is 7.77. The number of hydrogen-bond donors (Lipinski definition) is 1. The van der Waals surface area contributed by atoms with Crippen molar-refractivity contribution in [3.63, 3.8) is 0 Å². The van der Waals surface area contributed by atoms with E-state index in [2.05, 4.69) is 55.1 Å². The minimum Gasteiger partial charge on any atom is -0.405 e. The summed E-state index contributed by atoms with van der Waals surface area (Å²) in [6, 6.07) is 20.0. The number of aliphatic hydroxyl groups excluding tert-OH is 1. The molecule has 1 aliphatic rings. The molecule has 8 heteroatoms. The highest BCUT2D eigenvalue weighted by Gasteiger charge is 2.52. The lowest BCUT2D eigenvalue weighted by molar-refractivity contribution is -0.191. The maximum absolute atomic E-state index is 10.8. The molecule has 3 unspecified atom stereocenters. The molecular formula is C24H33N3O4Si. The van der Waals surface area contributed by atoms with E-state index in [-0.39, 0.29) is 11.6 Å². The van der Waals surface area contributed by atoms with Crippen LogP contribution in [0.5, 0.6) is 0 Å². The van der Waals surface area contributed by atoms with Gasteiger partial charge in [-0.2, -0.15) is 0 Å². The Labute approximate surface area is 191 Å². The molecule has 1 fully saturated rings. The molecular weight excluding hydrogens is 422 g/mol. The van der Waals surface area contributed by atoms with Gasteiger partial charge in [-0.3, -0.25) is 0 Å². The van der Waals surface area contributed by atoms with Crippen LogP contribution in [0.2, 0.25) is 5.04 Å². The van der Waals surface area contributed by atoms with Gasteiger partial charge in [0.1, 0.15) is 12.2 Å². The summed E-state index contributed by atoms with van der Waals surface area (Å²) in [7, 11) is -1.23. The number of nitrogens with zero attached hydrogens (tertiary/aromatic N) is 3. The largest absolute Gasteiger partial charge is 0.405 e. The lowest BCUT2D eigenvalue weighted by Gasteiger charge is -2.46. The van der Waals surface area contributed by atoms with Crippen molar-refractivity contribution in [2.24, 2.45) is 5.11 Å². The van der Waals surface area contributed by atoms with Gasteiger partial charge in [0, 0.05) is 12.0 Å². The molecule has 1 aliphatic heterocycles. The lowest BCUT2D eigenvalue weighted by Crippen LogP contribution is -2.68. The van der Waals surface area contributed by atoms with Crippen LogP contribution >= 0.6 is 0 Å². The Balaban J connectivity index is 2.00. The van der Waals surface area contributed by atoms with Crippen molar-refractivity contribution in [3.05, 3.63) is 71.1 Å². The quantitative estimate of drug-likeness (QED) is 0.299. The Hall–Kier alpha value is -2.19. The first-order chi connectivity index (χ1) is 15.3. The van der Waals surface area contributed by atoms with Gasteiger partial charge in [-0.1, -0.05) is 86.5 Å². The van der Waals surface area contributed by atoms with E-state index in [9.17, 15) is 5.11 Å². The third-order valence-corrected chi connectivity index (χ3v) is 11.3. The summed E-state index contributed by atoms with van der Waals surface area (Å²) >= 11 is 0. The highest BCUT2D eigenvalue weighted by atomic mass is 28.4. The first-order valence-electron chi connectivity index (χ1n) is 10.9. The van der Waals surface area contributed by atoms with E-state index < -0.39 is 38.8 Å². The van der Waals surface area contributed by atoms with Crippen LogP contribution in [0.25, 0.3) is 10.4 Å². The zero-order valence-electron chi connectivity index (χ0n) is 19.4. The van der Waals surface area contributed by atoms with Crippen molar-refractivity contribution in [1.29, 1.82) is 0 Å². The molecule has 2 aromatic rings. The topological polar surface area (TPSA) is 96.7 Å². The van der Waals surface area contributed by atoms with Crippen molar-refractivity contribution in [2.45, 2.75) is 63.2 Å². The SMILES string of the molecule is CO[C@H]1C(CO[Si](c2ccccc2)(c2ccccc2)C(C)(C)C)OC(C)C(N=[N+]=[N-])[C@H]1O. The molecule has 1 saturated heterocycles. The summed E-state index contributed by atoms with van der Waals surface area (Å²) in [6.07, 6.45) is -2.61. The van der Waals surface area contributed by atoms with Crippen LogP contribution in [-0.4, -0.2) is 57.6 Å². The second-order valence-corrected chi connectivity index (χ2v) is 13.5. The number of hydrogen-bond acceptors (Lipinski definition) is 5. The van der Waals surface area contributed by atoms with Gasteiger partial charge in [0.25, 0.3) is 8.32 Å². The van der Waals surface area contributed by atoms with Crippen LogP contribution < -0.4 is 10.4 Å². The third-order valence-electron chi connectivity index (χ3n) is 6.26. The van der Waals surface area contributed by atoms with E-state index in [0.29, 0.717) is 0 Å². The fraction of sp³-hybridized carbons (Fsp3) is 0.500. The smallest absolute Gasteiger partial charge is 0.261 e. The van der Waals surface area contributed by atoms with Crippen molar-refractivity contribution in [2.75, 3.05) is 13.7 Å². The normalized spacial score (nSPS) is 26.4. The fourth-order valence-corrected chi connectivity index (χ4v) is 9.31. The molecule has 0 aromatic heterocycles. The monoisotopic (exact) mass is 455 g/mol. The van der Waals surface area contributed by atoms with Gasteiger partial charge >= 0.3 is 0 Å². The van der Waals surface area contributed by atoms with E-state index in [1.54, 1.807) is 6.92 Å². The Morgan fingerprint density at radius 2 is 1.59 bits per heavy atom. The molecule has 1 heterocycles. The molecule has 0 spiro atoms. The van der Waals surface area contributed by atoms with Gasteiger partial charge < -0.3 is 19.0 Å². The molecule has 0 amide bonds. The second-order valence-electron chi connectivity index (χ2n) is 9.24. The van der Waals surface area contributed by atoms with Crippen LogP contribution in [-0.2, 0) is 13.9 Å². The fourth-order valence-electron chi connectivity index (χ4n) is 4.74. The summed E-state index contributed by atoms with van der Waals surface area (Å²) in [5, 5.41) is 16.7. The van der Waals surface area contributed by atoms with Crippen molar-refractivity contribution >= 4 is 18.7 Å². The summed E-state index contributed by atoms with van der Waals surface area (Å²) in [5.74, 6) is 0. The van der Waals surface area contributed by atoms with Gasteiger partial charge in [-0.05, 0) is 27.9 Å². The minimum absolute atomic E-state index is 0.176. The van der Waals surface area contributed by atoms with Gasteiger partial charge in [-0.15, -0.1) is 0 Å². The zero-order chi connectivity index (χ0) is 23.4. The molecule has 32 heavy (non-hydrogen) atoms. The molecule has 2 aromatic carbocycles. The van der Waals surface area contributed by atoms with Gasteiger partial charge in [0.05, 0.1) is 24.9 Å². The Morgan fingerprint density at radius 1 is 1.06 bits per heavy atom. The molecule has 172 valence electrons. The van der Waals surface area contributed by atoms with Crippen molar-refractivity contribution in [3.8, 4) is 0 Å². The first-order valence-corrected chi connectivity index (χ1v) is 12.8. The highest BCUT2D eigenvalue weighted by molar-refractivity contribution is 6.99. The molecule has 0 saturated carbocycles. The number of rotatable bonds is 7. The van der Waals surface area contributed by atoms with E-state index >= 15 is 0 Å². The summed E-state index contributed by atoms with van der Waals surface area (Å²) in [5.41, 5.74) is 8.86. The van der Waals surface area contributed by atoms with Crippen LogP contribution in [0.4, 0.5) is 0 Å². The molecule has 0 bridgehead atoms. The van der Waals surface area contributed by atoms with Crippen LogP contribution in [0.1, 0.15) is 27.7 Å². The maximum atomic E-state index is 10.8. The Bertz CT molecular complexity index is 876. The standard InChI is InChI=1S/C24H33N3O4Si/c1-17-21(26-27-25)22(28)23(29-5)20(31-17)16-30-32(24(2,3)4,18-12-8-6-9-13-18)19-14-10-7-11-15-19/h6-15,17,20-23,28H,16H2,1-5H3/t17?,20?,21?,22-,23+/m1/s1. The summed E-state index contributed by atoms with van der Waals surface area (Å²) in [4.78, 5) is 2.86. The van der Waals surface area contributed by atoms with E-state index in [0.717, 1.165) is 0 Å². The Morgan fingerprint density at radius 3 is 2.03 bits per heavy atom. The van der Waals surface area contributed by atoms with Gasteiger partial charge in [0.15, 0.2) is 0 Å². The highest BCUT2D eigenvalue weighted by Crippen LogP contribution is 2.37. The van der Waals surface area contributed by atoms with Crippen molar-refractivity contribution in [1.82, 2.24) is 0 Å². The van der Waals surface area contributed by atoms with Crippen LogP contribution in [0.15, 0.2) is 65.8 Å². The minimum atomic E-state index is -2.75. The van der Waals surface area contributed by atoms with Crippen LogP contribution in [0.3, 0.4) is 0 Å². The lowest BCUT2D eigenvalue weighted by atomic mass is 9.94. The second kappa shape index (κ2) is 10.2. The van der Waals surface area contributed by atoms with E-state index in [4.69, 9.17) is 19.4 Å². The average Bonchev–Trinajstić information content (AvgIpc) is 2.77. The number of ether oxygens (including phenoxy) is 2. The molecule has 5 atom stereocenters. The molecule has 3 rings (SSSR count). The molecule has 7 nitrogen and oxygen atoms in total. The number of aliphatic hydroxyl groups is 1. The van der Waals surface area contributed by atoms with Gasteiger partial charge in [-0.25, -0.2) is 0 Å². The predicted molar refractivity (Wildman–Crippen MR) is 128 cm³/mol. The maximum Gasteiger partial charge on any atom is 0.261 e. The van der Waals surface area contributed by atoms with E-state index in [1.165, 1.54) is 17.5 Å². The predicted octanol–water partition coefficient (Wildman–Crippen LogP) is 3.41. The number of benzene rings is 2. The number of methoxy groups -OCH3 is 1. The van der Waals surface area contributed by atoms with Crippen molar-refractivity contribution < 1.29 is 19.0 Å². The average molecular weight is 456 g/mol. The van der Waals surface area contributed by atoms with Crippen LogP contribution in [0, 0.1) is 0 Å². The molecule has 0 radical (unpaired) electrons. The van der Waals surface area contributed by atoms with Gasteiger partial charge in [0.2, 0.25) is 0 Å². The van der Waals surface area contributed by atoms with E-state index in [1.807, 2.05) is 36.4 Å². The number of azide groups is 1. The summed E-state index contributed by atoms with van der Waals surface area (Å²) < 4.78 is 18.7. The first kappa shape index (κ1) is 24.4. The molecule has 1 N–H and O–H groups in total. The summed E-state index contributed by atoms with van der Waals surface area (Å²) in [6.45, 7) is 8.68. The zero-order valence-corrected chi connectivity index (χ0v) is 20.4. The molecule has 0 aliphatic carbocycles.